The molecule has 1 N–H and O–H groups in total. The standard InChI is InChI=1S/C23H31FN2O5S/c1-17(2)15-31-20-13-18(7-8-19(20)24)23(9-6-10-23)16-32(29,30)12-5-3-4-11-26-14-21(27)25-22(26)28/h3-4,7-8,13,17H,5-6,9-12,14-16H2,1-2H3,(H,25,27,28)/b4-3+. The van der Waals surface area contributed by atoms with Gasteiger partial charge in [0.1, 0.15) is 6.54 Å². The highest BCUT2D eigenvalue weighted by Gasteiger charge is 2.42. The molecule has 32 heavy (non-hydrogen) atoms. The Bertz CT molecular complexity index is 986. The lowest BCUT2D eigenvalue weighted by molar-refractivity contribution is -0.118. The molecule has 0 atom stereocenters. The van der Waals surface area contributed by atoms with E-state index in [0.29, 0.717) is 13.0 Å². The molecule has 0 aromatic heterocycles. The Morgan fingerprint density at radius 3 is 2.59 bits per heavy atom. The van der Waals surface area contributed by atoms with E-state index in [1.54, 1.807) is 24.3 Å². The minimum atomic E-state index is -3.35. The number of carbonyl (C=O) groups is 2. The van der Waals surface area contributed by atoms with Crippen LogP contribution in [0.25, 0.3) is 0 Å². The summed E-state index contributed by atoms with van der Waals surface area (Å²) < 4.78 is 45.4. The lowest BCUT2D eigenvalue weighted by atomic mass is 9.66. The summed E-state index contributed by atoms with van der Waals surface area (Å²) in [6.45, 7) is 4.64. The molecule has 9 heteroatoms. The summed E-state index contributed by atoms with van der Waals surface area (Å²) in [5.41, 5.74) is 0.313. The third-order valence-electron chi connectivity index (χ3n) is 5.88. The first-order chi connectivity index (χ1) is 15.1. The number of ether oxygens (including phenoxy) is 1. The summed E-state index contributed by atoms with van der Waals surface area (Å²) in [5, 5.41) is 2.19. The molecular weight excluding hydrogens is 435 g/mol. The molecule has 3 amide bonds. The highest BCUT2D eigenvalue weighted by atomic mass is 32.2. The maximum atomic E-state index is 14.2. The normalized spacial score (nSPS) is 18.3. The van der Waals surface area contributed by atoms with Gasteiger partial charge >= 0.3 is 6.03 Å². The number of nitrogens with zero attached hydrogens (tertiary/aromatic N) is 1. The number of hydrogen-bond acceptors (Lipinski definition) is 5. The average Bonchev–Trinajstić information content (AvgIpc) is 3.01. The van der Waals surface area contributed by atoms with E-state index in [-0.39, 0.29) is 42.2 Å². The molecule has 1 aromatic rings. The van der Waals surface area contributed by atoms with Crippen molar-refractivity contribution < 1.29 is 27.1 Å². The summed E-state index contributed by atoms with van der Waals surface area (Å²) in [5.74, 6) is -0.335. The van der Waals surface area contributed by atoms with Crippen molar-refractivity contribution in [3.63, 3.8) is 0 Å². The van der Waals surface area contributed by atoms with E-state index in [9.17, 15) is 22.4 Å². The Morgan fingerprint density at radius 1 is 1.25 bits per heavy atom. The highest BCUT2D eigenvalue weighted by Crippen LogP contribution is 2.46. The number of imide groups is 1. The molecule has 176 valence electrons. The van der Waals surface area contributed by atoms with Crippen molar-refractivity contribution in [2.75, 3.05) is 31.2 Å². The number of rotatable bonds is 11. The lowest BCUT2D eigenvalue weighted by Gasteiger charge is -2.42. The minimum absolute atomic E-state index is 0.00568. The van der Waals surface area contributed by atoms with Crippen LogP contribution in [-0.4, -0.2) is 56.5 Å². The molecule has 1 saturated heterocycles. The average molecular weight is 467 g/mol. The minimum Gasteiger partial charge on any atom is -0.490 e. The van der Waals surface area contributed by atoms with E-state index in [4.69, 9.17) is 4.74 Å². The third kappa shape index (κ3) is 6.09. The monoisotopic (exact) mass is 466 g/mol. The van der Waals surface area contributed by atoms with Gasteiger partial charge in [0.2, 0.25) is 5.91 Å². The fraction of sp³-hybridized carbons (Fsp3) is 0.565. The second-order valence-corrected chi connectivity index (χ2v) is 11.3. The van der Waals surface area contributed by atoms with Gasteiger partial charge in [-0.25, -0.2) is 17.6 Å². The topological polar surface area (TPSA) is 92.8 Å². The largest absolute Gasteiger partial charge is 0.490 e. The first-order valence-electron chi connectivity index (χ1n) is 11.0. The summed E-state index contributed by atoms with van der Waals surface area (Å²) in [6, 6.07) is 4.26. The van der Waals surface area contributed by atoms with Crippen LogP contribution in [0, 0.1) is 11.7 Å². The summed E-state index contributed by atoms with van der Waals surface area (Å²) in [4.78, 5) is 24.0. The molecule has 2 fully saturated rings. The van der Waals surface area contributed by atoms with Crippen LogP contribution in [0.15, 0.2) is 30.4 Å². The number of nitrogens with one attached hydrogen (secondary N) is 1. The molecule has 0 spiro atoms. The zero-order valence-electron chi connectivity index (χ0n) is 18.6. The predicted molar refractivity (Wildman–Crippen MR) is 120 cm³/mol. The SMILES string of the molecule is CC(C)COc1cc(C2(CS(=O)(=O)CC/C=C/CN3CC(=O)NC3=O)CCC2)ccc1F. The molecule has 3 rings (SSSR count). The Labute approximate surface area is 188 Å². The number of halogens is 1. The van der Waals surface area contributed by atoms with Crippen LogP contribution < -0.4 is 10.1 Å². The van der Waals surface area contributed by atoms with Gasteiger partial charge in [0.25, 0.3) is 0 Å². The van der Waals surface area contributed by atoms with Crippen molar-refractivity contribution in [1.82, 2.24) is 10.2 Å². The zero-order chi connectivity index (χ0) is 23.4. The Hall–Kier alpha value is -2.42. The molecule has 1 aliphatic carbocycles. The van der Waals surface area contributed by atoms with Crippen LogP contribution >= 0.6 is 0 Å². The molecular formula is C23H31FN2O5S. The second kappa shape index (κ2) is 10.0. The van der Waals surface area contributed by atoms with Gasteiger partial charge in [0, 0.05) is 12.0 Å². The van der Waals surface area contributed by atoms with Crippen molar-refractivity contribution in [3.8, 4) is 5.75 Å². The Morgan fingerprint density at radius 2 is 2.00 bits per heavy atom. The van der Waals surface area contributed by atoms with Crippen molar-refractivity contribution >= 4 is 21.8 Å². The van der Waals surface area contributed by atoms with Gasteiger partial charge in [-0.15, -0.1) is 0 Å². The Balaban J connectivity index is 1.59. The molecule has 1 heterocycles. The molecule has 0 radical (unpaired) electrons. The van der Waals surface area contributed by atoms with Gasteiger partial charge in [-0.1, -0.05) is 38.5 Å². The van der Waals surface area contributed by atoms with E-state index >= 15 is 0 Å². The van der Waals surface area contributed by atoms with Gasteiger partial charge < -0.3 is 9.64 Å². The fourth-order valence-corrected chi connectivity index (χ4v) is 5.95. The molecule has 2 aliphatic rings. The van der Waals surface area contributed by atoms with E-state index in [0.717, 1.165) is 24.8 Å². The predicted octanol–water partition coefficient (Wildman–Crippen LogP) is 3.20. The van der Waals surface area contributed by atoms with E-state index in [1.807, 2.05) is 13.8 Å². The van der Waals surface area contributed by atoms with Crippen molar-refractivity contribution in [2.24, 2.45) is 5.92 Å². The summed E-state index contributed by atoms with van der Waals surface area (Å²) >= 11 is 0. The number of urea groups is 1. The number of hydrogen-bond donors (Lipinski definition) is 1. The van der Waals surface area contributed by atoms with Crippen LogP contribution in [0.5, 0.6) is 5.75 Å². The number of benzene rings is 1. The maximum absolute atomic E-state index is 14.2. The number of allylic oxidation sites excluding steroid dienone is 1. The zero-order valence-corrected chi connectivity index (χ0v) is 19.4. The van der Waals surface area contributed by atoms with Crippen molar-refractivity contribution in [1.29, 1.82) is 0 Å². The van der Waals surface area contributed by atoms with E-state index < -0.39 is 27.1 Å². The second-order valence-electron chi connectivity index (χ2n) is 9.07. The molecule has 0 unspecified atom stereocenters. The fourth-order valence-electron chi connectivity index (χ4n) is 4.01. The van der Waals surface area contributed by atoms with Gasteiger partial charge in [-0.3, -0.25) is 10.1 Å². The molecule has 1 saturated carbocycles. The van der Waals surface area contributed by atoms with Crippen LogP contribution in [-0.2, 0) is 20.0 Å². The van der Waals surface area contributed by atoms with Crippen molar-refractivity contribution in [2.45, 2.75) is 44.9 Å². The molecule has 1 aliphatic heterocycles. The van der Waals surface area contributed by atoms with Crippen LogP contribution in [0.3, 0.4) is 0 Å². The smallest absolute Gasteiger partial charge is 0.324 e. The summed E-state index contributed by atoms with van der Waals surface area (Å²) in [7, 11) is -3.35. The van der Waals surface area contributed by atoms with E-state index in [1.165, 1.54) is 11.0 Å². The van der Waals surface area contributed by atoms with Crippen LogP contribution in [0.1, 0.15) is 45.1 Å². The number of carbonyl (C=O) groups excluding carboxylic acids is 2. The van der Waals surface area contributed by atoms with Crippen LogP contribution in [0.4, 0.5) is 9.18 Å². The molecule has 7 nitrogen and oxygen atoms in total. The number of sulfone groups is 1. The Kier molecular flexibility index (Phi) is 7.59. The first-order valence-corrected chi connectivity index (χ1v) is 12.8. The van der Waals surface area contributed by atoms with Crippen molar-refractivity contribution in [3.05, 3.63) is 41.7 Å². The van der Waals surface area contributed by atoms with Crippen LogP contribution in [0.2, 0.25) is 0 Å². The van der Waals surface area contributed by atoms with E-state index in [2.05, 4.69) is 5.32 Å². The summed E-state index contributed by atoms with van der Waals surface area (Å²) in [6.07, 6.45) is 6.17. The quantitative estimate of drug-likeness (QED) is 0.399. The van der Waals surface area contributed by atoms with Gasteiger partial charge in [0.05, 0.1) is 18.1 Å². The first kappa shape index (κ1) is 24.2. The number of amides is 3. The molecule has 1 aromatic carbocycles. The lowest BCUT2D eigenvalue weighted by Crippen LogP contribution is -2.41. The van der Waals surface area contributed by atoms with Gasteiger partial charge in [0.15, 0.2) is 21.4 Å². The van der Waals surface area contributed by atoms with Gasteiger partial charge in [-0.2, -0.15) is 0 Å². The van der Waals surface area contributed by atoms with Gasteiger partial charge in [-0.05, 0) is 42.9 Å². The molecule has 0 bridgehead atoms. The highest BCUT2D eigenvalue weighted by molar-refractivity contribution is 7.91. The third-order valence-corrected chi connectivity index (χ3v) is 7.73. The maximum Gasteiger partial charge on any atom is 0.324 e.